The van der Waals surface area contributed by atoms with Crippen molar-refractivity contribution < 1.29 is 47.7 Å². The number of amides is 2. The summed E-state index contributed by atoms with van der Waals surface area (Å²) >= 11 is 5.70. The molecule has 0 fully saturated rings. The van der Waals surface area contributed by atoms with E-state index in [0.717, 1.165) is 0 Å². The minimum absolute atomic E-state index is 0.0173. The number of primary amides is 1. The number of esters is 4. The second kappa shape index (κ2) is 15.6. The number of hydrogen-bond donors (Lipinski definition) is 2. The maximum Gasteiger partial charge on any atom is 0.303 e. The van der Waals surface area contributed by atoms with Gasteiger partial charge in [-0.15, -0.1) is 0 Å². The fourth-order valence-corrected chi connectivity index (χ4v) is 7.62. The summed E-state index contributed by atoms with van der Waals surface area (Å²) in [4.78, 5) is 71.0. The zero-order valence-corrected chi connectivity index (χ0v) is 26.7. The Morgan fingerprint density at radius 1 is 0.730 bits per heavy atom. The van der Waals surface area contributed by atoms with E-state index in [9.17, 15) is 28.8 Å². The molecule has 2 unspecified atom stereocenters. The molecular weight excluding hydrogens is 833 g/mol. The van der Waals surface area contributed by atoms with Crippen LogP contribution in [-0.4, -0.2) is 67.7 Å². The zero-order valence-electron chi connectivity index (χ0n) is 20.3. The van der Waals surface area contributed by atoms with Crippen molar-refractivity contribution in [2.24, 2.45) is 5.73 Å². The standard InChI is InChI=1S/C22H25I3N2O10/c1-9(28)34-7-13(36-11(3)30)5-15-18(23)16(21(26)32)20(25)17(19(15)24)22(33)27-6-14(37-12(4)31)8-35-10(2)29/h13-14H,5-8H2,1-4H3,(H2,26,32)(H,27,33). The normalized spacial score (nSPS) is 12.1. The lowest BCUT2D eigenvalue weighted by Gasteiger charge is -2.22. The lowest BCUT2D eigenvalue weighted by Crippen LogP contribution is -2.38. The molecule has 1 aromatic carbocycles. The summed E-state index contributed by atoms with van der Waals surface area (Å²) in [6.45, 7) is 4.09. The van der Waals surface area contributed by atoms with Gasteiger partial charge in [0.2, 0.25) is 0 Å². The molecule has 12 nitrogen and oxygen atoms in total. The third-order valence-corrected chi connectivity index (χ3v) is 7.87. The predicted octanol–water partition coefficient (Wildman–Crippen LogP) is 1.86. The highest BCUT2D eigenvalue weighted by molar-refractivity contribution is 14.1. The Balaban J connectivity index is 3.42. The predicted molar refractivity (Wildman–Crippen MR) is 154 cm³/mol. The molecule has 37 heavy (non-hydrogen) atoms. The summed E-state index contributed by atoms with van der Waals surface area (Å²) in [5.74, 6) is -3.79. The Kier molecular flexibility index (Phi) is 14.0. The summed E-state index contributed by atoms with van der Waals surface area (Å²) < 4.78 is 21.4. The van der Waals surface area contributed by atoms with Crippen molar-refractivity contribution in [3.8, 4) is 0 Å². The van der Waals surface area contributed by atoms with Gasteiger partial charge < -0.3 is 30.0 Å². The molecule has 0 heterocycles. The van der Waals surface area contributed by atoms with Gasteiger partial charge in [0.05, 0.1) is 17.7 Å². The lowest BCUT2D eigenvalue weighted by molar-refractivity contribution is -0.156. The van der Waals surface area contributed by atoms with Gasteiger partial charge in [-0.3, -0.25) is 28.8 Å². The van der Waals surface area contributed by atoms with E-state index in [0.29, 0.717) is 12.7 Å². The maximum atomic E-state index is 13.3. The van der Waals surface area contributed by atoms with Crippen molar-refractivity contribution in [3.05, 3.63) is 27.4 Å². The highest BCUT2D eigenvalue weighted by Crippen LogP contribution is 2.33. The third-order valence-electron chi connectivity index (χ3n) is 4.41. The fourth-order valence-electron chi connectivity index (χ4n) is 2.99. The number of ether oxygens (including phenoxy) is 4. The number of halogens is 3. The quantitative estimate of drug-likeness (QED) is 0.179. The van der Waals surface area contributed by atoms with Gasteiger partial charge in [0.25, 0.3) is 11.8 Å². The summed E-state index contributed by atoms with van der Waals surface area (Å²) in [6, 6.07) is 0. The van der Waals surface area contributed by atoms with Gasteiger partial charge in [-0.05, 0) is 73.3 Å². The van der Waals surface area contributed by atoms with Crippen molar-refractivity contribution >= 4 is 103 Å². The van der Waals surface area contributed by atoms with Crippen LogP contribution in [0.15, 0.2) is 0 Å². The number of carbonyl (C=O) groups excluding carboxylic acids is 6. The number of hydrogen-bond acceptors (Lipinski definition) is 10. The molecule has 0 aliphatic heterocycles. The molecule has 0 radical (unpaired) electrons. The van der Waals surface area contributed by atoms with Gasteiger partial charge in [-0.2, -0.15) is 0 Å². The van der Waals surface area contributed by atoms with Crippen LogP contribution < -0.4 is 11.1 Å². The molecule has 2 amide bonds. The van der Waals surface area contributed by atoms with Gasteiger partial charge >= 0.3 is 23.9 Å². The topological polar surface area (TPSA) is 177 Å². The largest absolute Gasteiger partial charge is 0.462 e. The monoisotopic (exact) mass is 858 g/mol. The molecule has 0 aliphatic carbocycles. The third kappa shape index (κ3) is 10.9. The summed E-state index contributed by atoms with van der Waals surface area (Å²) in [5, 5.41) is 2.62. The van der Waals surface area contributed by atoms with Gasteiger partial charge in [-0.25, -0.2) is 0 Å². The first-order valence-electron chi connectivity index (χ1n) is 10.5. The van der Waals surface area contributed by atoms with E-state index in [1.54, 1.807) is 0 Å². The minimum Gasteiger partial charge on any atom is -0.462 e. The van der Waals surface area contributed by atoms with Gasteiger partial charge in [0, 0.05) is 44.8 Å². The number of benzene rings is 1. The number of rotatable bonds is 12. The second-order valence-electron chi connectivity index (χ2n) is 7.52. The van der Waals surface area contributed by atoms with Crippen molar-refractivity contribution in [1.82, 2.24) is 5.32 Å². The van der Waals surface area contributed by atoms with E-state index in [2.05, 4.69) is 5.32 Å². The first kappa shape index (κ1) is 33.3. The Morgan fingerprint density at radius 3 is 1.65 bits per heavy atom. The van der Waals surface area contributed by atoms with Crippen LogP contribution in [0.25, 0.3) is 0 Å². The molecule has 3 N–H and O–H groups in total. The van der Waals surface area contributed by atoms with Gasteiger partial charge in [0.1, 0.15) is 19.3 Å². The molecule has 1 aromatic rings. The first-order chi connectivity index (χ1) is 17.1. The van der Waals surface area contributed by atoms with Crippen LogP contribution in [0.3, 0.4) is 0 Å². The van der Waals surface area contributed by atoms with Crippen molar-refractivity contribution in [2.75, 3.05) is 19.8 Å². The zero-order chi connectivity index (χ0) is 28.4. The average molecular weight is 858 g/mol. The number of carbonyl (C=O) groups is 6. The Bertz CT molecular complexity index is 1090. The van der Waals surface area contributed by atoms with E-state index in [1.807, 2.05) is 67.8 Å². The molecule has 0 saturated carbocycles. The van der Waals surface area contributed by atoms with Gasteiger partial charge in [-0.1, -0.05) is 0 Å². The highest BCUT2D eigenvalue weighted by Gasteiger charge is 2.29. The van der Waals surface area contributed by atoms with E-state index in [-0.39, 0.29) is 40.9 Å². The molecular formula is C22H25I3N2O10. The minimum atomic E-state index is -0.948. The molecule has 0 saturated heterocycles. The fraction of sp³-hybridized carbons (Fsp3) is 0.455. The maximum absolute atomic E-state index is 13.3. The molecule has 204 valence electrons. The highest BCUT2D eigenvalue weighted by atomic mass is 127. The van der Waals surface area contributed by atoms with Crippen molar-refractivity contribution in [3.63, 3.8) is 0 Å². The molecule has 0 aromatic heterocycles. The summed E-state index contributed by atoms with van der Waals surface area (Å²) in [5.41, 5.74) is 6.31. The van der Waals surface area contributed by atoms with Crippen LogP contribution in [0.2, 0.25) is 0 Å². The second-order valence-corrected chi connectivity index (χ2v) is 10.8. The Morgan fingerprint density at radius 2 is 1.19 bits per heavy atom. The SMILES string of the molecule is CC(=O)OCC(CNC(=O)c1c(I)c(CC(COC(C)=O)OC(C)=O)c(I)c(C(N)=O)c1I)OC(C)=O. The van der Waals surface area contributed by atoms with E-state index in [4.69, 9.17) is 24.7 Å². The number of nitrogens with one attached hydrogen (secondary N) is 1. The molecule has 0 spiro atoms. The number of nitrogens with two attached hydrogens (primary N) is 1. The Hall–Kier alpha value is -1.77. The van der Waals surface area contributed by atoms with Crippen LogP contribution in [0.1, 0.15) is 54.0 Å². The van der Waals surface area contributed by atoms with Crippen LogP contribution in [0, 0.1) is 10.7 Å². The Labute approximate surface area is 253 Å². The van der Waals surface area contributed by atoms with Crippen molar-refractivity contribution in [1.29, 1.82) is 0 Å². The summed E-state index contributed by atoms with van der Waals surface area (Å²) in [7, 11) is 0. The first-order valence-corrected chi connectivity index (χ1v) is 13.8. The smallest absolute Gasteiger partial charge is 0.303 e. The van der Waals surface area contributed by atoms with Crippen LogP contribution in [-0.2, 0) is 44.5 Å². The molecule has 15 heteroatoms. The summed E-state index contributed by atoms with van der Waals surface area (Å²) in [6.07, 6.45) is -1.82. The average Bonchev–Trinajstić information content (AvgIpc) is 2.75. The van der Waals surface area contributed by atoms with Crippen LogP contribution in [0.4, 0.5) is 0 Å². The van der Waals surface area contributed by atoms with Crippen molar-refractivity contribution in [2.45, 2.75) is 46.3 Å². The van der Waals surface area contributed by atoms with Crippen LogP contribution >= 0.6 is 67.8 Å². The molecule has 1 rings (SSSR count). The van der Waals surface area contributed by atoms with E-state index >= 15 is 0 Å². The molecule has 0 aliphatic rings. The lowest BCUT2D eigenvalue weighted by atomic mass is 10.00. The molecule has 2 atom stereocenters. The van der Waals surface area contributed by atoms with E-state index < -0.39 is 47.9 Å². The van der Waals surface area contributed by atoms with Crippen LogP contribution in [0.5, 0.6) is 0 Å². The van der Waals surface area contributed by atoms with Gasteiger partial charge in [0.15, 0.2) is 6.10 Å². The van der Waals surface area contributed by atoms with E-state index in [1.165, 1.54) is 27.7 Å². The molecule has 0 bridgehead atoms.